The summed E-state index contributed by atoms with van der Waals surface area (Å²) in [7, 11) is 0. The number of hydrogen-bond acceptors (Lipinski definition) is 3. The smallest absolute Gasteiger partial charge is 0.221 e. The number of hydrogen-bond donors (Lipinski definition) is 2. The Morgan fingerprint density at radius 1 is 1.24 bits per heavy atom. The van der Waals surface area contributed by atoms with Crippen molar-refractivity contribution >= 4 is 34.8 Å². The predicted molar refractivity (Wildman–Crippen MR) is 84.7 cm³/mol. The number of halogens is 1. The number of nitrogens with zero attached hydrogens (tertiary/aromatic N) is 1. The zero-order chi connectivity index (χ0) is 15.4. The van der Waals surface area contributed by atoms with E-state index in [4.69, 9.17) is 11.6 Å². The van der Waals surface area contributed by atoms with E-state index >= 15 is 0 Å². The van der Waals surface area contributed by atoms with Gasteiger partial charge >= 0.3 is 0 Å². The van der Waals surface area contributed by atoms with E-state index < -0.39 is 0 Å². The van der Waals surface area contributed by atoms with Crippen LogP contribution in [0.3, 0.4) is 0 Å². The minimum atomic E-state index is -0.144. The van der Waals surface area contributed by atoms with Crippen LogP contribution in [-0.2, 0) is 9.59 Å². The highest BCUT2D eigenvalue weighted by Gasteiger charge is 2.20. The van der Waals surface area contributed by atoms with Gasteiger partial charge in [0, 0.05) is 38.7 Å². The summed E-state index contributed by atoms with van der Waals surface area (Å²) in [6, 6.07) is 5.83. The average molecular weight is 310 g/mol. The fourth-order valence-corrected chi connectivity index (χ4v) is 2.70. The van der Waals surface area contributed by atoms with E-state index in [0.717, 1.165) is 31.6 Å². The van der Waals surface area contributed by atoms with Gasteiger partial charge in [-0.1, -0.05) is 11.6 Å². The van der Waals surface area contributed by atoms with E-state index in [1.807, 2.05) is 17.0 Å². The molecule has 21 heavy (non-hydrogen) atoms. The lowest BCUT2D eigenvalue weighted by Crippen LogP contribution is -2.41. The number of rotatable bonds is 3. The quantitative estimate of drug-likeness (QED) is 0.902. The van der Waals surface area contributed by atoms with Crippen molar-refractivity contribution in [2.75, 3.05) is 23.7 Å². The van der Waals surface area contributed by atoms with Gasteiger partial charge in [-0.15, -0.1) is 0 Å². The largest absolute Gasteiger partial charge is 0.382 e. The lowest BCUT2D eigenvalue weighted by atomic mass is 10.0. The summed E-state index contributed by atoms with van der Waals surface area (Å²) >= 11 is 6.15. The Balaban J connectivity index is 1.93. The van der Waals surface area contributed by atoms with Crippen molar-refractivity contribution in [3.8, 4) is 0 Å². The second-order valence-corrected chi connectivity index (χ2v) is 5.71. The van der Waals surface area contributed by atoms with Gasteiger partial charge in [0.25, 0.3) is 0 Å². The minimum absolute atomic E-state index is 0.135. The second-order valence-electron chi connectivity index (χ2n) is 5.30. The Morgan fingerprint density at radius 2 is 1.90 bits per heavy atom. The molecule has 1 aromatic rings. The van der Waals surface area contributed by atoms with E-state index in [1.165, 1.54) is 6.92 Å². The van der Waals surface area contributed by atoms with Crippen LogP contribution < -0.4 is 10.6 Å². The van der Waals surface area contributed by atoms with Crippen molar-refractivity contribution in [2.24, 2.45) is 0 Å². The van der Waals surface area contributed by atoms with Crippen LogP contribution in [-0.4, -0.2) is 35.8 Å². The molecule has 2 N–H and O–H groups in total. The first-order valence-corrected chi connectivity index (χ1v) is 7.42. The van der Waals surface area contributed by atoms with Gasteiger partial charge in [0.05, 0.1) is 10.7 Å². The van der Waals surface area contributed by atoms with Gasteiger partial charge in [-0.25, -0.2) is 0 Å². The van der Waals surface area contributed by atoms with E-state index in [-0.39, 0.29) is 11.8 Å². The first kappa shape index (κ1) is 15.6. The van der Waals surface area contributed by atoms with E-state index in [0.29, 0.717) is 16.8 Å². The summed E-state index contributed by atoms with van der Waals surface area (Å²) in [4.78, 5) is 24.2. The summed E-state index contributed by atoms with van der Waals surface area (Å²) < 4.78 is 0. The SMILES string of the molecule is CC(=O)Nc1ccc(NC2CCN(C(C)=O)CC2)cc1Cl. The van der Waals surface area contributed by atoms with Crippen LogP contribution >= 0.6 is 11.6 Å². The van der Waals surface area contributed by atoms with Gasteiger partial charge in [0.15, 0.2) is 0 Å². The molecule has 114 valence electrons. The molecule has 0 radical (unpaired) electrons. The van der Waals surface area contributed by atoms with Gasteiger partial charge < -0.3 is 15.5 Å². The van der Waals surface area contributed by atoms with Gasteiger partial charge in [0.2, 0.25) is 11.8 Å². The Morgan fingerprint density at radius 3 is 2.43 bits per heavy atom. The van der Waals surface area contributed by atoms with Crippen molar-refractivity contribution in [1.29, 1.82) is 0 Å². The zero-order valence-corrected chi connectivity index (χ0v) is 13.0. The summed E-state index contributed by atoms with van der Waals surface area (Å²) in [6.07, 6.45) is 1.84. The van der Waals surface area contributed by atoms with Crippen LogP contribution in [0.1, 0.15) is 26.7 Å². The number of benzene rings is 1. The standard InChI is InChI=1S/C15H20ClN3O2/c1-10(20)17-15-4-3-13(9-14(15)16)18-12-5-7-19(8-6-12)11(2)21/h3-4,9,12,18H,5-8H2,1-2H3,(H,17,20). The van der Waals surface area contributed by atoms with Gasteiger partial charge in [-0.05, 0) is 31.0 Å². The van der Waals surface area contributed by atoms with Crippen LogP contribution in [0.25, 0.3) is 0 Å². The molecule has 0 spiro atoms. The Hall–Kier alpha value is -1.75. The van der Waals surface area contributed by atoms with Crippen molar-refractivity contribution in [2.45, 2.75) is 32.7 Å². The molecular formula is C15H20ClN3O2. The number of nitrogens with one attached hydrogen (secondary N) is 2. The maximum atomic E-state index is 11.3. The molecule has 0 unspecified atom stereocenters. The minimum Gasteiger partial charge on any atom is -0.382 e. The van der Waals surface area contributed by atoms with E-state index in [2.05, 4.69) is 10.6 Å². The highest BCUT2D eigenvalue weighted by molar-refractivity contribution is 6.34. The molecule has 0 bridgehead atoms. The topological polar surface area (TPSA) is 61.4 Å². The average Bonchev–Trinajstić information content (AvgIpc) is 2.42. The van der Waals surface area contributed by atoms with Crippen molar-refractivity contribution < 1.29 is 9.59 Å². The van der Waals surface area contributed by atoms with Crippen molar-refractivity contribution in [3.05, 3.63) is 23.2 Å². The number of carbonyl (C=O) groups excluding carboxylic acids is 2. The Labute approximate surface area is 129 Å². The molecule has 1 aliphatic rings. The first-order chi connectivity index (χ1) is 9.95. The van der Waals surface area contributed by atoms with Gasteiger partial charge in [-0.2, -0.15) is 0 Å². The summed E-state index contributed by atoms with van der Waals surface area (Å²) in [5.74, 6) is -0.00892. The van der Waals surface area contributed by atoms with Gasteiger partial charge in [0.1, 0.15) is 0 Å². The third-order valence-corrected chi connectivity index (χ3v) is 3.90. The molecule has 1 heterocycles. The second kappa shape index (κ2) is 6.80. The van der Waals surface area contributed by atoms with Crippen LogP contribution in [0.4, 0.5) is 11.4 Å². The van der Waals surface area contributed by atoms with Crippen LogP contribution in [0, 0.1) is 0 Å². The van der Waals surface area contributed by atoms with Crippen molar-refractivity contribution in [1.82, 2.24) is 4.90 Å². The molecule has 1 fully saturated rings. The Bertz CT molecular complexity index is 540. The summed E-state index contributed by atoms with van der Waals surface area (Å²) in [5, 5.41) is 6.62. The maximum Gasteiger partial charge on any atom is 0.221 e. The fraction of sp³-hybridized carbons (Fsp3) is 0.467. The van der Waals surface area contributed by atoms with Crippen LogP contribution in [0.2, 0.25) is 5.02 Å². The third-order valence-electron chi connectivity index (χ3n) is 3.59. The van der Waals surface area contributed by atoms with Crippen LogP contribution in [0.5, 0.6) is 0 Å². The number of piperidine rings is 1. The fourth-order valence-electron chi connectivity index (χ4n) is 2.47. The number of carbonyl (C=O) groups is 2. The first-order valence-electron chi connectivity index (χ1n) is 7.05. The van der Waals surface area contributed by atoms with E-state index in [1.54, 1.807) is 13.0 Å². The molecule has 6 heteroatoms. The molecule has 1 saturated heterocycles. The molecule has 5 nitrogen and oxygen atoms in total. The zero-order valence-electron chi connectivity index (χ0n) is 12.3. The maximum absolute atomic E-state index is 11.3. The molecule has 0 aliphatic carbocycles. The highest BCUT2D eigenvalue weighted by atomic mass is 35.5. The number of anilines is 2. The summed E-state index contributed by atoms with van der Waals surface area (Å²) in [6.45, 7) is 4.62. The lowest BCUT2D eigenvalue weighted by molar-refractivity contribution is -0.129. The number of amides is 2. The molecule has 2 amide bonds. The van der Waals surface area contributed by atoms with E-state index in [9.17, 15) is 9.59 Å². The third kappa shape index (κ3) is 4.36. The molecule has 0 aromatic heterocycles. The lowest BCUT2D eigenvalue weighted by Gasteiger charge is -2.32. The molecule has 1 aromatic carbocycles. The monoisotopic (exact) mass is 309 g/mol. The highest BCUT2D eigenvalue weighted by Crippen LogP contribution is 2.27. The Kier molecular flexibility index (Phi) is 5.07. The van der Waals surface area contributed by atoms with Crippen molar-refractivity contribution in [3.63, 3.8) is 0 Å². The molecule has 0 atom stereocenters. The van der Waals surface area contributed by atoms with Crippen LogP contribution in [0.15, 0.2) is 18.2 Å². The predicted octanol–water partition coefficient (Wildman–Crippen LogP) is 2.72. The molecular weight excluding hydrogens is 290 g/mol. The normalized spacial score (nSPS) is 15.7. The molecule has 2 rings (SSSR count). The molecule has 0 saturated carbocycles. The molecule has 1 aliphatic heterocycles. The number of likely N-dealkylation sites (tertiary alicyclic amines) is 1. The summed E-state index contributed by atoms with van der Waals surface area (Å²) in [5.41, 5.74) is 1.54. The van der Waals surface area contributed by atoms with Gasteiger partial charge in [-0.3, -0.25) is 9.59 Å².